The maximum atomic E-state index is 12.4. The summed E-state index contributed by atoms with van der Waals surface area (Å²) < 4.78 is 37.2. The smallest absolute Gasteiger partial charge is 0.352 e. The number of amides is 2. The molecule has 0 saturated carbocycles. The second kappa shape index (κ2) is 8.51. The molecule has 0 heterocycles. The Morgan fingerprint density at radius 3 is 2.23 bits per heavy atom. The van der Waals surface area contributed by atoms with Crippen LogP contribution < -0.4 is 10.6 Å². The Morgan fingerprint density at radius 1 is 0.962 bits per heavy atom. The van der Waals surface area contributed by atoms with Crippen molar-refractivity contribution in [3.8, 4) is 0 Å². The third-order valence-corrected chi connectivity index (χ3v) is 3.88. The molecule has 0 fully saturated rings. The minimum Gasteiger partial charge on any atom is -0.352 e. The third-order valence-electron chi connectivity index (χ3n) is 3.88. The van der Waals surface area contributed by atoms with Gasteiger partial charge in [0.1, 0.15) is 0 Å². The van der Waals surface area contributed by atoms with E-state index in [0.717, 1.165) is 11.1 Å². The van der Waals surface area contributed by atoms with Crippen molar-refractivity contribution >= 4 is 17.5 Å². The van der Waals surface area contributed by atoms with Crippen LogP contribution >= 0.6 is 0 Å². The molecule has 138 valence electrons. The first-order valence-electron chi connectivity index (χ1n) is 8.04. The number of alkyl halides is 3. The number of nitrogens with one attached hydrogen (secondary N) is 2. The van der Waals surface area contributed by atoms with Crippen molar-refractivity contribution in [1.82, 2.24) is 5.32 Å². The van der Waals surface area contributed by atoms with Gasteiger partial charge in [0.05, 0.1) is 0 Å². The molecule has 2 rings (SSSR count). The topological polar surface area (TPSA) is 58.2 Å². The number of benzene rings is 2. The summed E-state index contributed by atoms with van der Waals surface area (Å²) in [6.07, 6.45) is -4.13. The van der Waals surface area contributed by atoms with Gasteiger partial charge in [-0.2, -0.15) is 13.2 Å². The van der Waals surface area contributed by atoms with Crippen LogP contribution in [0, 0.1) is 6.92 Å². The van der Waals surface area contributed by atoms with Gasteiger partial charge in [0.25, 0.3) is 0 Å². The van der Waals surface area contributed by atoms with E-state index in [1.54, 1.807) is 12.1 Å². The van der Waals surface area contributed by atoms with Gasteiger partial charge in [-0.15, -0.1) is 0 Å². The van der Waals surface area contributed by atoms with E-state index in [-0.39, 0.29) is 24.6 Å². The normalized spacial score (nSPS) is 11.1. The van der Waals surface area contributed by atoms with E-state index in [1.165, 1.54) is 12.1 Å². The van der Waals surface area contributed by atoms with Crippen molar-refractivity contribution < 1.29 is 22.8 Å². The highest BCUT2D eigenvalue weighted by atomic mass is 19.4. The molecule has 2 N–H and O–H groups in total. The summed E-state index contributed by atoms with van der Waals surface area (Å²) in [5.74, 6) is -2.26. The van der Waals surface area contributed by atoms with Gasteiger partial charge in [-0.1, -0.05) is 42.5 Å². The Balaban J connectivity index is 1.92. The lowest BCUT2D eigenvalue weighted by Gasteiger charge is -2.13. The molecule has 0 bridgehead atoms. The molecule has 2 amide bonds. The monoisotopic (exact) mass is 364 g/mol. The number of rotatable bonds is 6. The summed E-state index contributed by atoms with van der Waals surface area (Å²) in [6.45, 7) is 1.99. The summed E-state index contributed by atoms with van der Waals surface area (Å²) in [7, 11) is 0. The molecule has 7 heteroatoms. The molecule has 0 radical (unpaired) electrons. The van der Waals surface area contributed by atoms with Crippen molar-refractivity contribution in [2.75, 3.05) is 5.32 Å². The van der Waals surface area contributed by atoms with Crippen LogP contribution in [0.3, 0.4) is 0 Å². The number of hydrogen-bond donors (Lipinski definition) is 2. The zero-order chi connectivity index (χ0) is 19.2. The Morgan fingerprint density at radius 2 is 1.58 bits per heavy atom. The predicted octanol–water partition coefficient (Wildman–Crippen LogP) is 3.74. The van der Waals surface area contributed by atoms with E-state index >= 15 is 0 Å². The highest BCUT2D eigenvalue weighted by molar-refractivity contribution is 5.95. The number of carbonyl (C=O) groups is 2. The molecule has 26 heavy (non-hydrogen) atoms. The third kappa shape index (κ3) is 5.61. The molecule has 0 atom stereocenters. The average Bonchev–Trinajstić information content (AvgIpc) is 2.59. The Labute approximate surface area is 149 Å². The zero-order valence-electron chi connectivity index (χ0n) is 14.2. The van der Waals surface area contributed by atoms with Gasteiger partial charge in [0.15, 0.2) is 0 Å². The van der Waals surface area contributed by atoms with E-state index in [2.05, 4.69) is 5.32 Å². The van der Waals surface area contributed by atoms with Crippen LogP contribution in [0.1, 0.15) is 23.1 Å². The lowest BCUT2D eigenvalue weighted by molar-refractivity contribution is -0.167. The second-order valence-corrected chi connectivity index (χ2v) is 5.81. The Bertz CT molecular complexity index is 788. The van der Waals surface area contributed by atoms with Gasteiger partial charge >= 0.3 is 12.1 Å². The molecule has 0 saturated heterocycles. The highest BCUT2D eigenvalue weighted by Gasteiger charge is 2.38. The first kappa shape index (κ1) is 19.5. The first-order valence-corrected chi connectivity index (χ1v) is 8.04. The molecule has 2 aromatic rings. The van der Waals surface area contributed by atoms with Crippen LogP contribution in [-0.4, -0.2) is 18.0 Å². The van der Waals surface area contributed by atoms with E-state index in [4.69, 9.17) is 0 Å². The van der Waals surface area contributed by atoms with Crippen LogP contribution in [0.5, 0.6) is 0 Å². The SMILES string of the molecule is Cc1ccccc1CCC(=O)NCc1ccccc1NC(=O)C(F)(F)F. The van der Waals surface area contributed by atoms with Crippen LogP contribution in [-0.2, 0) is 22.6 Å². The Hall–Kier alpha value is -2.83. The quantitative estimate of drug-likeness (QED) is 0.820. The zero-order valence-corrected chi connectivity index (χ0v) is 14.2. The number of aryl methyl sites for hydroxylation is 2. The van der Waals surface area contributed by atoms with E-state index in [0.29, 0.717) is 12.0 Å². The van der Waals surface area contributed by atoms with Crippen molar-refractivity contribution in [3.05, 3.63) is 65.2 Å². The molecule has 0 aromatic heterocycles. The lowest BCUT2D eigenvalue weighted by Crippen LogP contribution is -2.31. The molecule has 0 aliphatic carbocycles. The fourth-order valence-corrected chi connectivity index (χ4v) is 2.41. The number of hydrogen-bond acceptors (Lipinski definition) is 2. The summed E-state index contributed by atoms with van der Waals surface area (Å²) in [6, 6.07) is 13.8. The van der Waals surface area contributed by atoms with Gasteiger partial charge in [-0.25, -0.2) is 0 Å². The maximum absolute atomic E-state index is 12.4. The molecular formula is C19H19F3N2O2. The van der Waals surface area contributed by atoms with Gasteiger partial charge in [0.2, 0.25) is 5.91 Å². The van der Waals surface area contributed by atoms with Crippen molar-refractivity contribution in [1.29, 1.82) is 0 Å². The van der Waals surface area contributed by atoms with E-state index in [1.807, 2.05) is 36.5 Å². The second-order valence-electron chi connectivity index (χ2n) is 5.81. The molecule has 0 aliphatic heterocycles. The van der Waals surface area contributed by atoms with Crippen molar-refractivity contribution in [3.63, 3.8) is 0 Å². The van der Waals surface area contributed by atoms with Crippen LogP contribution in [0.25, 0.3) is 0 Å². The summed E-state index contributed by atoms with van der Waals surface area (Å²) in [4.78, 5) is 23.1. The van der Waals surface area contributed by atoms with Crippen LogP contribution in [0.2, 0.25) is 0 Å². The fourth-order valence-electron chi connectivity index (χ4n) is 2.41. The number of carbonyl (C=O) groups excluding carboxylic acids is 2. The lowest BCUT2D eigenvalue weighted by atomic mass is 10.0. The molecule has 0 aliphatic rings. The summed E-state index contributed by atoms with van der Waals surface area (Å²) in [5, 5.41) is 4.49. The molecule has 4 nitrogen and oxygen atoms in total. The van der Waals surface area contributed by atoms with Gasteiger partial charge in [-0.3, -0.25) is 9.59 Å². The predicted molar refractivity (Wildman–Crippen MR) is 92.5 cm³/mol. The molecule has 0 spiro atoms. The number of anilines is 1. The summed E-state index contributed by atoms with van der Waals surface area (Å²) in [5.41, 5.74) is 2.59. The van der Waals surface area contributed by atoms with E-state index < -0.39 is 12.1 Å². The number of para-hydroxylation sites is 1. The first-order chi connectivity index (χ1) is 12.3. The average molecular weight is 364 g/mol. The minimum atomic E-state index is -4.97. The fraction of sp³-hybridized carbons (Fsp3) is 0.263. The van der Waals surface area contributed by atoms with Crippen molar-refractivity contribution in [2.24, 2.45) is 0 Å². The summed E-state index contributed by atoms with van der Waals surface area (Å²) >= 11 is 0. The Kier molecular flexibility index (Phi) is 6.38. The van der Waals surface area contributed by atoms with Gasteiger partial charge in [-0.05, 0) is 36.1 Å². The van der Waals surface area contributed by atoms with E-state index in [9.17, 15) is 22.8 Å². The van der Waals surface area contributed by atoms with Gasteiger partial charge in [0, 0.05) is 18.7 Å². The largest absolute Gasteiger partial charge is 0.471 e. The highest BCUT2D eigenvalue weighted by Crippen LogP contribution is 2.21. The maximum Gasteiger partial charge on any atom is 0.471 e. The van der Waals surface area contributed by atoms with Crippen LogP contribution in [0.15, 0.2) is 48.5 Å². The minimum absolute atomic E-state index is 0.0222. The molecular weight excluding hydrogens is 345 g/mol. The molecule has 0 unspecified atom stereocenters. The van der Waals surface area contributed by atoms with Crippen molar-refractivity contribution in [2.45, 2.75) is 32.5 Å². The number of halogens is 3. The van der Waals surface area contributed by atoms with Crippen LogP contribution in [0.4, 0.5) is 18.9 Å². The molecule has 2 aromatic carbocycles. The standard InChI is InChI=1S/C19H19F3N2O2/c1-13-6-2-3-7-14(13)10-11-17(25)23-12-15-8-4-5-9-16(15)24-18(26)19(20,21)22/h2-9H,10-12H2,1H3,(H,23,25)(H,24,26). The van der Waals surface area contributed by atoms with Gasteiger partial charge < -0.3 is 10.6 Å².